The molecule has 15 heteroatoms. The van der Waals surface area contributed by atoms with E-state index >= 15 is 0 Å². The molecule has 1 aliphatic rings. The standard InChI is InChI=1S/C26H32N6O9/c1-39-22-16-19(26(27)34)15-21(32(37)38)24(22)28-5-2-3-6-29-25-20(31(35)36)13-18(17-33)14-23(25)41-10-4-7-30-8-11-40-12-9-30/h2-3,13-17,28-29H,4-12H2,1H3,(H2,27,34)/b3-2+. The van der Waals surface area contributed by atoms with Gasteiger partial charge in [-0.1, -0.05) is 12.2 Å². The van der Waals surface area contributed by atoms with Gasteiger partial charge in [0, 0.05) is 56.0 Å². The number of primary amides is 1. The molecule has 4 N–H and O–H groups in total. The number of rotatable bonds is 16. The smallest absolute Gasteiger partial charge is 0.296 e. The van der Waals surface area contributed by atoms with Crippen molar-refractivity contribution >= 4 is 34.9 Å². The Morgan fingerprint density at radius 2 is 1.63 bits per heavy atom. The van der Waals surface area contributed by atoms with Crippen molar-refractivity contribution in [3.05, 3.63) is 67.8 Å². The largest absolute Gasteiger partial charge is 0.494 e. The van der Waals surface area contributed by atoms with Crippen LogP contribution >= 0.6 is 0 Å². The average Bonchev–Trinajstić information content (AvgIpc) is 2.97. The number of nitrogens with one attached hydrogen (secondary N) is 2. The Balaban J connectivity index is 1.66. The zero-order valence-electron chi connectivity index (χ0n) is 22.5. The molecule has 2 aromatic carbocycles. The van der Waals surface area contributed by atoms with Gasteiger partial charge in [0.25, 0.3) is 11.4 Å². The molecule has 220 valence electrons. The molecule has 0 atom stereocenters. The first kappa shape index (κ1) is 30.8. The van der Waals surface area contributed by atoms with Gasteiger partial charge < -0.3 is 30.6 Å². The lowest BCUT2D eigenvalue weighted by Gasteiger charge is -2.26. The van der Waals surface area contributed by atoms with Crippen LogP contribution in [0.3, 0.4) is 0 Å². The zero-order chi connectivity index (χ0) is 29.8. The van der Waals surface area contributed by atoms with Crippen LogP contribution in [-0.2, 0) is 4.74 Å². The Hall–Kier alpha value is -4.76. The molecule has 0 unspecified atom stereocenters. The highest BCUT2D eigenvalue weighted by Crippen LogP contribution is 2.37. The predicted molar refractivity (Wildman–Crippen MR) is 150 cm³/mol. The molecule has 0 radical (unpaired) electrons. The van der Waals surface area contributed by atoms with Gasteiger partial charge >= 0.3 is 0 Å². The first-order chi connectivity index (χ1) is 19.7. The van der Waals surface area contributed by atoms with E-state index in [9.17, 15) is 29.8 Å². The fraction of sp³-hybridized carbons (Fsp3) is 0.385. The van der Waals surface area contributed by atoms with E-state index in [1.54, 1.807) is 12.2 Å². The highest BCUT2D eigenvalue weighted by molar-refractivity contribution is 5.95. The minimum absolute atomic E-state index is 0.0629. The van der Waals surface area contributed by atoms with E-state index in [2.05, 4.69) is 15.5 Å². The first-order valence-electron chi connectivity index (χ1n) is 12.7. The molecule has 0 bridgehead atoms. The van der Waals surface area contributed by atoms with Gasteiger partial charge in [0.2, 0.25) is 5.91 Å². The van der Waals surface area contributed by atoms with Gasteiger partial charge in [-0.2, -0.15) is 0 Å². The molecule has 0 aromatic heterocycles. The molecular weight excluding hydrogens is 540 g/mol. The van der Waals surface area contributed by atoms with Crippen molar-refractivity contribution in [1.82, 2.24) is 4.90 Å². The van der Waals surface area contributed by atoms with E-state index in [1.165, 1.54) is 25.3 Å². The van der Waals surface area contributed by atoms with Gasteiger partial charge in [-0.15, -0.1) is 0 Å². The first-order valence-corrected chi connectivity index (χ1v) is 12.7. The van der Waals surface area contributed by atoms with E-state index in [-0.39, 0.29) is 58.5 Å². The van der Waals surface area contributed by atoms with Crippen LogP contribution in [0.5, 0.6) is 11.5 Å². The summed E-state index contributed by atoms with van der Waals surface area (Å²) in [4.78, 5) is 47.1. The van der Waals surface area contributed by atoms with Gasteiger partial charge in [0.15, 0.2) is 11.4 Å². The lowest BCUT2D eigenvalue weighted by molar-refractivity contribution is -0.384. The summed E-state index contributed by atoms with van der Waals surface area (Å²) in [7, 11) is 1.31. The minimum Gasteiger partial charge on any atom is -0.494 e. The third kappa shape index (κ3) is 8.61. The normalized spacial score (nSPS) is 13.5. The molecule has 0 spiro atoms. The van der Waals surface area contributed by atoms with Gasteiger partial charge in [0.05, 0.1) is 36.8 Å². The highest BCUT2D eigenvalue weighted by Gasteiger charge is 2.23. The second-order valence-electron chi connectivity index (χ2n) is 8.87. The Kier molecular flexibility index (Phi) is 11.4. The number of anilines is 2. The number of nitro benzene ring substituents is 2. The van der Waals surface area contributed by atoms with Crippen molar-refractivity contribution in [3.63, 3.8) is 0 Å². The number of carbonyl (C=O) groups excluding carboxylic acids is 2. The number of nitro groups is 2. The summed E-state index contributed by atoms with van der Waals surface area (Å²) in [5.41, 5.74) is 4.80. The lowest BCUT2D eigenvalue weighted by Crippen LogP contribution is -2.37. The highest BCUT2D eigenvalue weighted by atomic mass is 16.6. The number of amides is 1. The van der Waals surface area contributed by atoms with Crippen molar-refractivity contribution in [2.24, 2.45) is 5.73 Å². The van der Waals surface area contributed by atoms with Crippen molar-refractivity contribution < 1.29 is 33.6 Å². The number of hydrogen-bond acceptors (Lipinski definition) is 12. The number of nitrogens with zero attached hydrogens (tertiary/aromatic N) is 3. The summed E-state index contributed by atoms with van der Waals surface area (Å²) in [5.74, 6) is -0.579. The van der Waals surface area contributed by atoms with Gasteiger partial charge in [-0.3, -0.25) is 34.7 Å². The second-order valence-corrected chi connectivity index (χ2v) is 8.87. The van der Waals surface area contributed by atoms with E-state index in [0.717, 1.165) is 25.7 Å². The molecule has 41 heavy (non-hydrogen) atoms. The molecule has 3 rings (SSSR count). The van der Waals surface area contributed by atoms with Crippen LogP contribution in [0.2, 0.25) is 0 Å². The molecule has 0 aliphatic carbocycles. The van der Waals surface area contributed by atoms with E-state index in [4.69, 9.17) is 19.9 Å². The molecule has 2 aromatic rings. The summed E-state index contributed by atoms with van der Waals surface area (Å²) in [6.45, 7) is 4.37. The van der Waals surface area contributed by atoms with Crippen LogP contribution < -0.4 is 25.8 Å². The number of nitrogens with two attached hydrogens (primary N) is 1. The topological polar surface area (TPSA) is 201 Å². The maximum Gasteiger partial charge on any atom is 0.296 e. The number of morpholine rings is 1. The summed E-state index contributed by atoms with van der Waals surface area (Å²) < 4.78 is 16.4. The summed E-state index contributed by atoms with van der Waals surface area (Å²) in [6, 6.07) is 4.97. The zero-order valence-corrected chi connectivity index (χ0v) is 22.5. The maximum absolute atomic E-state index is 11.7. The molecule has 1 aliphatic heterocycles. The molecule has 1 saturated heterocycles. The maximum atomic E-state index is 11.7. The predicted octanol–water partition coefficient (Wildman–Crippen LogP) is 2.60. The Labute approximate surface area is 235 Å². The summed E-state index contributed by atoms with van der Waals surface area (Å²) in [6.07, 6.45) is 4.50. The Morgan fingerprint density at radius 3 is 2.20 bits per heavy atom. The van der Waals surface area contributed by atoms with Crippen LogP contribution in [0.15, 0.2) is 36.4 Å². The SMILES string of the molecule is COc1cc(C(N)=O)cc([N+](=O)[O-])c1NC/C=C/CNc1c(OCCCN2CCOCC2)cc(C=O)cc1[N+](=O)[O-]. The summed E-state index contributed by atoms with van der Waals surface area (Å²) in [5, 5.41) is 29.1. The Morgan fingerprint density at radius 1 is 1.02 bits per heavy atom. The van der Waals surface area contributed by atoms with Crippen molar-refractivity contribution in [2.45, 2.75) is 6.42 Å². The third-order valence-electron chi connectivity index (χ3n) is 6.16. The number of benzene rings is 2. The third-order valence-corrected chi connectivity index (χ3v) is 6.16. The second kappa shape index (κ2) is 15.1. The fourth-order valence-corrected chi connectivity index (χ4v) is 4.13. The molecule has 1 fully saturated rings. The fourth-order valence-electron chi connectivity index (χ4n) is 4.13. The van der Waals surface area contributed by atoms with Crippen LogP contribution in [0, 0.1) is 20.2 Å². The minimum atomic E-state index is -0.834. The van der Waals surface area contributed by atoms with Crippen LogP contribution in [0.4, 0.5) is 22.7 Å². The molecule has 0 saturated carbocycles. The molecular formula is C26H32N6O9. The number of hydrogen-bond donors (Lipinski definition) is 3. The van der Waals surface area contributed by atoms with E-state index in [0.29, 0.717) is 32.5 Å². The van der Waals surface area contributed by atoms with E-state index in [1.807, 2.05) is 0 Å². The van der Waals surface area contributed by atoms with Crippen molar-refractivity contribution in [3.8, 4) is 11.5 Å². The number of aldehydes is 1. The van der Waals surface area contributed by atoms with Crippen molar-refractivity contribution in [1.29, 1.82) is 0 Å². The number of carbonyl (C=O) groups is 2. The molecule has 15 nitrogen and oxygen atoms in total. The van der Waals surface area contributed by atoms with Crippen LogP contribution in [0.25, 0.3) is 0 Å². The lowest BCUT2D eigenvalue weighted by atomic mass is 10.1. The average molecular weight is 573 g/mol. The van der Waals surface area contributed by atoms with E-state index < -0.39 is 15.8 Å². The summed E-state index contributed by atoms with van der Waals surface area (Å²) >= 11 is 0. The molecule has 1 amide bonds. The molecule has 1 heterocycles. The quantitative estimate of drug-likeness (QED) is 0.0874. The Bertz CT molecular complexity index is 1290. The number of ether oxygens (including phenoxy) is 3. The van der Waals surface area contributed by atoms with Crippen molar-refractivity contribution in [2.75, 3.05) is 70.3 Å². The van der Waals surface area contributed by atoms with Crippen LogP contribution in [-0.4, -0.2) is 86.6 Å². The number of methoxy groups -OCH3 is 1. The van der Waals surface area contributed by atoms with Crippen LogP contribution in [0.1, 0.15) is 27.1 Å². The monoisotopic (exact) mass is 572 g/mol. The van der Waals surface area contributed by atoms with Gasteiger partial charge in [-0.05, 0) is 18.6 Å². The van der Waals surface area contributed by atoms with Gasteiger partial charge in [0.1, 0.15) is 17.8 Å². The van der Waals surface area contributed by atoms with Gasteiger partial charge in [-0.25, -0.2) is 0 Å².